The van der Waals surface area contributed by atoms with Gasteiger partial charge in [0.25, 0.3) is 0 Å². The highest BCUT2D eigenvalue weighted by molar-refractivity contribution is 6.22. The second-order valence-electron chi connectivity index (χ2n) is 4.37. The van der Waals surface area contributed by atoms with Crippen LogP contribution in [-0.2, 0) is 0 Å². The molecule has 0 spiro atoms. The zero-order valence-corrected chi connectivity index (χ0v) is 11.0. The minimum Gasteiger partial charge on any atom is -0.294 e. The minimum absolute atomic E-state index is 0.0823. The average molecular weight is 259 g/mol. The molecule has 0 radical (unpaired) electrons. The fourth-order valence-corrected chi connectivity index (χ4v) is 2.09. The Morgan fingerprint density at radius 3 is 2.28 bits per heavy atom. The van der Waals surface area contributed by atoms with Crippen molar-refractivity contribution in [2.24, 2.45) is 0 Å². The van der Waals surface area contributed by atoms with Crippen LogP contribution < -0.4 is 0 Å². The molecule has 2 aromatic carbocycles. The van der Waals surface area contributed by atoms with Crippen molar-refractivity contribution < 1.29 is 4.79 Å². The molecular weight excluding hydrogens is 244 g/mol. The van der Waals surface area contributed by atoms with E-state index in [9.17, 15) is 4.79 Å². The summed E-state index contributed by atoms with van der Waals surface area (Å²) in [6, 6.07) is 17.3. The molecule has 1 nitrogen and oxygen atoms in total. The Labute approximate surface area is 112 Å². The van der Waals surface area contributed by atoms with Gasteiger partial charge in [0.15, 0.2) is 5.78 Å². The van der Waals surface area contributed by atoms with E-state index in [1.807, 2.05) is 61.5 Å². The molecule has 2 heteroatoms. The van der Waals surface area contributed by atoms with Gasteiger partial charge in [-0.25, -0.2) is 0 Å². The zero-order chi connectivity index (χ0) is 13.0. The van der Waals surface area contributed by atoms with Gasteiger partial charge < -0.3 is 0 Å². The molecule has 18 heavy (non-hydrogen) atoms. The largest absolute Gasteiger partial charge is 0.294 e. The van der Waals surface area contributed by atoms with Crippen LogP contribution in [0.5, 0.6) is 0 Å². The van der Waals surface area contributed by atoms with Crippen molar-refractivity contribution in [3.63, 3.8) is 0 Å². The van der Waals surface area contributed by atoms with Gasteiger partial charge in [-0.15, -0.1) is 11.6 Å². The zero-order valence-electron chi connectivity index (χ0n) is 10.3. The van der Waals surface area contributed by atoms with Crippen LogP contribution >= 0.6 is 11.6 Å². The Kier molecular flexibility index (Phi) is 4.16. The van der Waals surface area contributed by atoms with Gasteiger partial charge in [0, 0.05) is 12.0 Å². The van der Waals surface area contributed by atoms with Crippen molar-refractivity contribution in [1.82, 2.24) is 0 Å². The summed E-state index contributed by atoms with van der Waals surface area (Å²) in [6.07, 6.45) is 0.328. The lowest BCUT2D eigenvalue weighted by Gasteiger charge is -2.09. The summed E-state index contributed by atoms with van der Waals surface area (Å²) in [5, 5.41) is -0.264. The monoisotopic (exact) mass is 258 g/mol. The first kappa shape index (κ1) is 12.8. The van der Waals surface area contributed by atoms with Gasteiger partial charge in [-0.05, 0) is 12.5 Å². The lowest BCUT2D eigenvalue weighted by atomic mass is 10.0. The van der Waals surface area contributed by atoms with Gasteiger partial charge in [-0.1, -0.05) is 60.2 Å². The lowest BCUT2D eigenvalue weighted by Crippen LogP contribution is -2.03. The maximum atomic E-state index is 12.1. The molecule has 92 valence electrons. The van der Waals surface area contributed by atoms with E-state index in [0.29, 0.717) is 6.42 Å². The predicted molar refractivity (Wildman–Crippen MR) is 75.2 cm³/mol. The number of rotatable bonds is 4. The van der Waals surface area contributed by atoms with E-state index >= 15 is 0 Å². The second-order valence-corrected chi connectivity index (χ2v) is 4.90. The van der Waals surface area contributed by atoms with E-state index in [0.717, 1.165) is 16.7 Å². The van der Waals surface area contributed by atoms with E-state index in [4.69, 9.17) is 11.6 Å². The Balaban J connectivity index is 2.06. The molecule has 0 heterocycles. The number of ketones is 1. The molecule has 0 bridgehead atoms. The molecule has 0 aliphatic heterocycles. The maximum Gasteiger partial charge on any atom is 0.164 e. The summed E-state index contributed by atoms with van der Waals surface area (Å²) in [5.41, 5.74) is 2.86. The number of carbonyl (C=O) groups is 1. The van der Waals surface area contributed by atoms with E-state index in [2.05, 4.69) is 0 Å². The standard InChI is InChI=1S/C16H15ClO/c1-12-7-9-14(10-8-12)16(18)11-15(17)13-5-3-2-4-6-13/h2-10,15H,11H2,1H3. The summed E-state index contributed by atoms with van der Waals surface area (Å²) in [4.78, 5) is 12.1. The number of benzene rings is 2. The number of carbonyl (C=O) groups excluding carboxylic acids is 1. The van der Waals surface area contributed by atoms with Crippen molar-refractivity contribution in [2.45, 2.75) is 18.7 Å². The van der Waals surface area contributed by atoms with Gasteiger partial charge >= 0.3 is 0 Å². The molecular formula is C16H15ClO. The Morgan fingerprint density at radius 1 is 1.06 bits per heavy atom. The summed E-state index contributed by atoms with van der Waals surface area (Å²) >= 11 is 6.26. The quantitative estimate of drug-likeness (QED) is 0.581. The van der Waals surface area contributed by atoms with Crippen molar-refractivity contribution in [3.8, 4) is 0 Å². The van der Waals surface area contributed by atoms with E-state index < -0.39 is 0 Å². The number of alkyl halides is 1. The first-order valence-corrected chi connectivity index (χ1v) is 6.39. The number of hydrogen-bond acceptors (Lipinski definition) is 1. The molecule has 0 aromatic heterocycles. The van der Waals surface area contributed by atoms with Crippen molar-refractivity contribution in [2.75, 3.05) is 0 Å². The van der Waals surface area contributed by atoms with Crippen LogP contribution in [0.1, 0.15) is 33.3 Å². The fourth-order valence-electron chi connectivity index (χ4n) is 1.80. The molecule has 0 aliphatic carbocycles. The first-order valence-electron chi connectivity index (χ1n) is 5.95. The number of aryl methyl sites for hydroxylation is 1. The third-order valence-corrected chi connectivity index (χ3v) is 3.31. The molecule has 0 saturated heterocycles. The van der Waals surface area contributed by atoms with Gasteiger partial charge in [0.05, 0.1) is 5.38 Å². The van der Waals surface area contributed by atoms with Crippen LogP contribution in [0.3, 0.4) is 0 Å². The Morgan fingerprint density at radius 2 is 1.67 bits per heavy atom. The molecule has 0 fully saturated rings. The predicted octanol–water partition coefficient (Wildman–Crippen LogP) is 4.55. The third kappa shape index (κ3) is 3.21. The van der Waals surface area contributed by atoms with Crippen LogP contribution in [0.4, 0.5) is 0 Å². The highest BCUT2D eigenvalue weighted by atomic mass is 35.5. The molecule has 2 rings (SSSR count). The van der Waals surface area contributed by atoms with E-state index in [-0.39, 0.29) is 11.2 Å². The Hall–Kier alpha value is -1.60. The molecule has 1 atom stereocenters. The normalized spacial score (nSPS) is 12.1. The summed E-state index contributed by atoms with van der Waals surface area (Å²) in [5.74, 6) is 0.0823. The van der Waals surface area contributed by atoms with Crippen molar-refractivity contribution in [1.29, 1.82) is 0 Å². The summed E-state index contributed by atoms with van der Waals surface area (Å²) in [7, 11) is 0. The van der Waals surface area contributed by atoms with Crippen molar-refractivity contribution in [3.05, 3.63) is 71.3 Å². The number of hydrogen-bond donors (Lipinski definition) is 0. The molecule has 0 saturated carbocycles. The highest BCUT2D eigenvalue weighted by Crippen LogP contribution is 2.25. The van der Waals surface area contributed by atoms with Crippen LogP contribution in [0.15, 0.2) is 54.6 Å². The minimum atomic E-state index is -0.264. The third-order valence-electron chi connectivity index (χ3n) is 2.90. The lowest BCUT2D eigenvalue weighted by molar-refractivity contribution is 0.0981. The van der Waals surface area contributed by atoms with Crippen LogP contribution in [0.25, 0.3) is 0 Å². The van der Waals surface area contributed by atoms with Crippen LogP contribution in [0.2, 0.25) is 0 Å². The Bertz CT molecular complexity index is 517. The smallest absolute Gasteiger partial charge is 0.164 e. The van der Waals surface area contributed by atoms with E-state index in [1.54, 1.807) is 0 Å². The SMILES string of the molecule is Cc1ccc(C(=O)CC(Cl)c2ccccc2)cc1. The molecule has 0 aliphatic rings. The van der Waals surface area contributed by atoms with Crippen LogP contribution in [-0.4, -0.2) is 5.78 Å². The fraction of sp³-hybridized carbons (Fsp3) is 0.188. The number of Topliss-reactive ketones (excluding diaryl/α,β-unsaturated/α-hetero) is 1. The number of halogens is 1. The van der Waals surface area contributed by atoms with Gasteiger partial charge in [-0.3, -0.25) is 4.79 Å². The molecule has 0 amide bonds. The molecule has 1 unspecified atom stereocenters. The molecule has 2 aromatic rings. The second kappa shape index (κ2) is 5.83. The van der Waals surface area contributed by atoms with Gasteiger partial charge in [-0.2, -0.15) is 0 Å². The first-order chi connectivity index (χ1) is 8.66. The van der Waals surface area contributed by atoms with Crippen molar-refractivity contribution >= 4 is 17.4 Å². The topological polar surface area (TPSA) is 17.1 Å². The summed E-state index contributed by atoms with van der Waals surface area (Å²) in [6.45, 7) is 2.00. The highest BCUT2D eigenvalue weighted by Gasteiger charge is 2.14. The van der Waals surface area contributed by atoms with E-state index in [1.165, 1.54) is 0 Å². The van der Waals surface area contributed by atoms with Gasteiger partial charge in [0.1, 0.15) is 0 Å². The summed E-state index contributed by atoms with van der Waals surface area (Å²) < 4.78 is 0. The van der Waals surface area contributed by atoms with Gasteiger partial charge in [0.2, 0.25) is 0 Å². The molecule has 0 N–H and O–H groups in total. The maximum absolute atomic E-state index is 12.1. The average Bonchev–Trinajstić information content (AvgIpc) is 2.40. The van der Waals surface area contributed by atoms with Crippen LogP contribution in [0, 0.1) is 6.92 Å².